The molecule has 2 heterocycles. The summed E-state index contributed by atoms with van der Waals surface area (Å²) < 4.78 is 0. The largest absolute Gasteiger partial charge is 0.477 e. The van der Waals surface area contributed by atoms with E-state index in [2.05, 4.69) is 33.0 Å². The third-order valence-corrected chi connectivity index (χ3v) is 8.14. The van der Waals surface area contributed by atoms with Crippen molar-refractivity contribution in [2.24, 2.45) is 11.8 Å². The first-order chi connectivity index (χ1) is 14.1. The number of nitrogens with zero attached hydrogens (tertiary/aromatic N) is 2. The van der Waals surface area contributed by atoms with Gasteiger partial charge in [0, 0.05) is 23.9 Å². The summed E-state index contributed by atoms with van der Waals surface area (Å²) in [7, 11) is 1.96. The van der Waals surface area contributed by atoms with Crippen LogP contribution in [0.4, 0.5) is 5.69 Å². The number of nitrogens with one attached hydrogen (secondary N) is 1. The standard InChI is InChI=1S/C23H37N3O3S/c1-15-6-8-16(9-7-15)21(27)26(25(5)17-10-12-24-13-11-17)18-14-19(23(2,3)4)30-20(18)22(28)29/h14-17,24H,6-13H2,1-5H3,(H,28,29). The normalized spacial score (nSPS) is 23.5. The Balaban J connectivity index is 2.01. The second-order valence-electron chi connectivity index (χ2n) is 10.0. The summed E-state index contributed by atoms with van der Waals surface area (Å²) in [6.45, 7) is 10.3. The molecule has 168 valence electrons. The van der Waals surface area contributed by atoms with Gasteiger partial charge in [-0.1, -0.05) is 27.7 Å². The molecular formula is C23H37N3O3S. The highest BCUT2D eigenvalue weighted by atomic mass is 32.1. The number of anilines is 1. The fourth-order valence-electron chi connectivity index (χ4n) is 4.53. The van der Waals surface area contributed by atoms with Crippen molar-refractivity contribution in [2.75, 3.05) is 25.1 Å². The first kappa shape index (κ1) is 23.2. The molecule has 2 N–H and O–H groups in total. The Morgan fingerprint density at radius 1 is 1.10 bits per heavy atom. The Hall–Kier alpha value is -1.44. The second kappa shape index (κ2) is 9.37. The van der Waals surface area contributed by atoms with E-state index in [9.17, 15) is 14.7 Å². The lowest BCUT2D eigenvalue weighted by atomic mass is 9.82. The Morgan fingerprint density at radius 2 is 1.70 bits per heavy atom. The fraction of sp³-hybridized carbons (Fsp3) is 0.739. The number of hydrogen-bond donors (Lipinski definition) is 2. The smallest absolute Gasteiger partial charge is 0.348 e. The number of aromatic carboxylic acids is 1. The molecule has 7 heteroatoms. The minimum absolute atomic E-state index is 0.0370. The van der Waals surface area contributed by atoms with E-state index in [1.54, 1.807) is 5.01 Å². The zero-order valence-corrected chi connectivity index (χ0v) is 19.8. The molecule has 0 atom stereocenters. The van der Waals surface area contributed by atoms with Gasteiger partial charge < -0.3 is 10.4 Å². The zero-order valence-electron chi connectivity index (χ0n) is 19.0. The molecule has 0 bridgehead atoms. The lowest BCUT2D eigenvalue weighted by Gasteiger charge is -2.41. The van der Waals surface area contributed by atoms with E-state index < -0.39 is 5.97 Å². The Morgan fingerprint density at radius 3 is 2.23 bits per heavy atom. The molecular weight excluding hydrogens is 398 g/mol. The van der Waals surface area contributed by atoms with Crippen LogP contribution < -0.4 is 10.3 Å². The zero-order chi connectivity index (χ0) is 22.1. The molecule has 1 aliphatic carbocycles. The van der Waals surface area contributed by atoms with Gasteiger partial charge in [-0.2, -0.15) is 0 Å². The van der Waals surface area contributed by atoms with Gasteiger partial charge in [-0.25, -0.2) is 14.8 Å². The van der Waals surface area contributed by atoms with Gasteiger partial charge in [0.25, 0.3) is 0 Å². The maximum absolute atomic E-state index is 13.8. The van der Waals surface area contributed by atoms with Crippen molar-refractivity contribution >= 4 is 28.9 Å². The highest BCUT2D eigenvalue weighted by Crippen LogP contribution is 2.40. The van der Waals surface area contributed by atoms with E-state index in [-0.39, 0.29) is 28.2 Å². The van der Waals surface area contributed by atoms with Crippen LogP contribution in [-0.2, 0) is 10.2 Å². The lowest BCUT2D eigenvalue weighted by Crippen LogP contribution is -2.54. The van der Waals surface area contributed by atoms with Crippen molar-refractivity contribution in [1.29, 1.82) is 0 Å². The third kappa shape index (κ3) is 5.06. The quantitative estimate of drug-likeness (QED) is 0.666. The van der Waals surface area contributed by atoms with Crippen LogP contribution in [0.25, 0.3) is 0 Å². The van der Waals surface area contributed by atoms with E-state index in [1.165, 1.54) is 11.3 Å². The van der Waals surface area contributed by atoms with Gasteiger partial charge in [-0.05, 0) is 69.0 Å². The van der Waals surface area contributed by atoms with Crippen LogP contribution in [0, 0.1) is 11.8 Å². The van der Waals surface area contributed by atoms with Gasteiger partial charge in [-0.3, -0.25) is 4.79 Å². The monoisotopic (exact) mass is 435 g/mol. The average molecular weight is 436 g/mol. The first-order valence-corrected chi connectivity index (χ1v) is 12.1. The summed E-state index contributed by atoms with van der Waals surface area (Å²) in [4.78, 5) is 27.2. The lowest BCUT2D eigenvalue weighted by molar-refractivity contribution is -0.127. The van der Waals surface area contributed by atoms with Crippen molar-refractivity contribution in [1.82, 2.24) is 10.3 Å². The van der Waals surface area contributed by atoms with Gasteiger partial charge >= 0.3 is 5.97 Å². The number of carbonyl (C=O) groups excluding carboxylic acids is 1. The molecule has 1 aromatic heterocycles. The average Bonchev–Trinajstić information content (AvgIpc) is 3.15. The Bertz CT molecular complexity index is 756. The molecule has 0 aromatic carbocycles. The highest BCUT2D eigenvalue weighted by molar-refractivity contribution is 7.14. The van der Waals surface area contributed by atoms with Crippen molar-refractivity contribution < 1.29 is 14.7 Å². The molecule has 30 heavy (non-hydrogen) atoms. The molecule has 6 nitrogen and oxygen atoms in total. The molecule has 0 spiro atoms. The van der Waals surface area contributed by atoms with Crippen molar-refractivity contribution in [3.8, 4) is 0 Å². The number of thiophene rings is 1. The van der Waals surface area contributed by atoms with Crippen LogP contribution in [-0.4, -0.2) is 48.2 Å². The minimum atomic E-state index is -0.959. The molecule has 1 saturated carbocycles. The second-order valence-corrected chi connectivity index (χ2v) is 11.1. The van der Waals surface area contributed by atoms with Gasteiger partial charge in [0.1, 0.15) is 4.88 Å². The van der Waals surface area contributed by atoms with Crippen LogP contribution in [0.3, 0.4) is 0 Å². The molecule has 1 aliphatic heterocycles. The molecule has 3 rings (SSSR count). The van der Waals surface area contributed by atoms with Gasteiger partial charge in [0.15, 0.2) is 0 Å². The number of piperidine rings is 1. The topological polar surface area (TPSA) is 72.9 Å². The van der Waals surface area contributed by atoms with E-state index in [4.69, 9.17) is 0 Å². The number of rotatable bonds is 5. The van der Waals surface area contributed by atoms with Gasteiger partial charge in [0.05, 0.1) is 5.69 Å². The fourth-order valence-corrected chi connectivity index (χ4v) is 5.56. The van der Waals surface area contributed by atoms with Crippen molar-refractivity contribution in [2.45, 2.75) is 77.7 Å². The maximum atomic E-state index is 13.8. The summed E-state index contributed by atoms with van der Waals surface area (Å²) in [6.07, 6.45) is 5.78. The van der Waals surface area contributed by atoms with Crippen molar-refractivity contribution in [3.63, 3.8) is 0 Å². The number of carbonyl (C=O) groups is 2. The van der Waals surface area contributed by atoms with Crippen molar-refractivity contribution in [3.05, 3.63) is 15.8 Å². The van der Waals surface area contributed by atoms with E-state index in [0.717, 1.165) is 56.5 Å². The van der Waals surface area contributed by atoms with Crippen LogP contribution in [0.2, 0.25) is 0 Å². The summed E-state index contributed by atoms with van der Waals surface area (Å²) in [5.41, 5.74) is 0.372. The summed E-state index contributed by atoms with van der Waals surface area (Å²) in [5.74, 6) is -0.277. The summed E-state index contributed by atoms with van der Waals surface area (Å²) in [6, 6.07) is 2.16. The van der Waals surface area contributed by atoms with E-state index >= 15 is 0 Å². The van der Waals surface area contributed by atoms with Gasteiger partial charge in [0.2, 0.25) is 5.91 Å². The van der Waals surface area contributed by atoms with Crippen LogP contribution in [0.15, 0.2) is 6.07 Å². The summed E-state index contributed by atoms with van der Waals surface area (Å²) in [5, 5.41) is 17.1. The van der Waals surface area contributed by atoms with E-state index in [1.807, 2.05) is 18.1 Å². The highest BCUT2D eigenvalue weighted by Gasteiger charge is 2.37. The maximum Gasteiger partial charge on any atom is 0.348 e. The molecule has 2 aliphatic rings. The molecule has 0 radical (unpaired) electrons. The molecule has 0 unspecified atom stereocenters. The third-order valence-electron chi connectivity index (χ3n) is 6.60. The first-order valence-electron chi connectivity index (χ1n) is 11.2. The SMILES string of the molecule is CC1CCC(C(=O)N(c2cc(C(C)(C)C)sc2C(=O)O)N(C)C2CCNCC2)CC1. The van der Waals surface area contributed by atoms with Crippen LogP contribution in [0.1, 0.15) is 80.8 Å². The predicted octanol–water partition coefficient (Wildman–Crippen LogP) is 4.50. The van der Waals surface area contributed by atoms with E-state index in [0.29, 0.717) is 11.6 Å². The summed E-state index contributed by atoms with van der Waals surface area (Å²) >= 11 is 1.30. The van der Waals surface area contributed by atoms with Gasteiger partial charge in [-0.15, -0.1) is 11.3 Å². The van der Waals surface area contributed by atoms with Crippen LogP contribution in [0.5, 0.6) is 0 Å². The molecule has 1 amide bonds. The Labute approximate surface area is 184 Å². The Kier molecular flexibility index (Phi) is 7.25. The predicted molar refractivity (Wildman–Crippen MR) is 122 cm³/mol. The molecule has 1 aromatic rings. The molecule has 2 fully saturated rings. The van der Waals surface area contributed by atoms with Crippen LogP contribution >= 0.6 is 11.3 Å². The number of carboxylic acid groups (broad SMARTS) is 1. The minimum Gasteiger partial charge on any atom is -0.477 e. The number of carboxylic acids is 1. The number of amides is 1. The number of hydrazine groups is 1. The molecule has 1 saturated heterocycles. The number of hydrogen-bond acceptors (Lipinski definition) is 5.